The van der Waals surface area contributed by atoms with Crippen LogP contribution in [0.15, 0.2) is 17.0 Å². The lowest BCUT2D eigenvalue weighted by Gasteiger charge is -2.04. The van der Waals surface area contributed by atoms with Crippen molar-refractivity contribution in [1.82, 2.24) is 15.5 Å². The number of nitrogens with zero attached hydrogens (tertiary/aromatic N) is 1. The molecule has 96 valence electrons. The van der Waals surface area contributed by atoms with Crippen LogP contribution in [0.2, 0.25) is 0 Å². The van der Waals surface area contributed by atoms with E-state index in [1.165, 1.54) is 5.56 Å². The van der Waals surface area contributed by atoms with E-state index >= 15 is 0 Å². The highest BCUT2D eigenvalue weighted by Crippen LogP contribution is 2.13. The molecule has 0 bridgehead atoms. The molecule has 1 amide bonds. The summed E-state index contributed by atoms with van der Waals surface area (Å²) >= 11 is 1.56. The maximum absolute atomic E-state index is 11.8. The molecule has 4 nitrogen and oxygen atoms in total. The quantitative estimate of drug-likeness (QED) is 0.814. The second-order valence-electron chi connectivity index (χ2n) is 4.35. The normalized spacial score (nSPS) is 10.6. The molecular formula is C13H17N3OS. The summed E-state index contributed by atoms with van der Waals surface area (Å²) < 4.78 is 0. The van der Waals surface area contributed by atoms with Gasteiger partial charge < -0.3 is 5.32 Å². The number of aromatic amines is 1. The van der Waals surface area contributed by atoms with Crippen LogP contribution in [0.4, 0.5) is 0 Å². The van der Waals surface area contributed by atoms with Crippen molar-refractivity contribution in [2.24, 2.45) is 0 Å². The summed E-state index contributed by atoms with van der Waals surface area (Å²) in [6, 6.07) is 0. The van der Waals surface area contributed by atoms with E-state index in [4.69, 9.17) is 0 Å². The maximum atomic E-state index is 11.8. The number of thiophene rings is 1. The van der Waals surface area contributed by atoms with Crippen LogP contribution in [-0.2, 0) is 6.42 Å². The fourth-order valence-electron chi connectivity index (χ4n) is 1.80. The Morgan fingerprint density at radius 2 is 2.28 bits per heavy atom. The average Bonchev–Trinajstić information content (AvgIpc) is 2.94. The Labute approximate surface area is 110 Å². The summed E-state index contributed by atoms with van der Waals surface area (Å²) in [7, 11) is 0. The lowest BCUT2D eigenvalue weighted by atomic mass is 10.1. The summed E-state index contributed by atoms with van der Waals surface area (Å²) in [5.74, 6) is 0.0256. The zero-order valence-corrected chi connectivity index (χ0v) is 11.4. The minimum atomic E-state index is 0.0256. The van der Waals surface area contributed by atoms with Gasteiger partial charge in [0.25, 0.3) is 5.91 Å². The number of carbonyl (C=O) groups excluding carboxylic acids is 1. The van der Waals surface area contributed by atoms with E-state index in [0.29, 0.717) is 6.54 Å². The molecule has 0 aliphatic rings. The van der Waals surface area contributed by atoms with E-state index in [-0.39, 0.29) is 5.91 Å². The van der Waals surface area contributed by atoms with Crippen molar-refractivity contribution in [3.8, 4) is 0 Å². The zero-order chi connectivity index (χ0) is 13.0. The molecule has 2 aromatic heterocycles. The Kier molecular flexibility index (Phi) is 4.15. The lowest BCUT2D eigenvalue weighted by Crippen LogP contribution is -2.24. The van der Waals surface area contributed by atoms with Gasteiger partial charge in [-0.1, -0.05) is 0 Å². The van der Waals surface area contributed by atoms with Crippen LogP contribution in [0.1, 0.15) is 33.6 Å². The monoisotopic (exact) mass is 263 g/mol. The van der Waals surface area contributed by atoms with Crippen molar-refractivity contribution in [1.29, 1.82) is 0 Å². The minimum absolute atomic E-state index is 0.0256. The lowest BCUT2D eigenvalue weighted by molar-refractivity contribution is 0.0953. The van der Waals surface area contributed by atoms with Crippen LogP contribution in [-0.4, -0.2) is 22.6 Å². The molecule has 0 radical (unpaired) electrons. The van der Waals surface area contributed by atoms with Crippen molar-refractivity contribution in [2.75, 3.05) is 6.54 Å². The summed E-state index contributed by atoms with van der Waals surface area (Å²) in [4.78, 5) is 11.8. The van der Waals surface area contributed by atoms with Gasteiger partial charge >= 0.3 is 0 Å². The summed E-state index contributed by atoms with van der Waals surface area (Å²) in [6.07, 6.45) is 3.71. The number of hydrogen-bond acceptors (Lipinski definition) is 3. The van der Waals surface area contributed by atoms with Crippen LogP contribution in [0.3, 0.4) is 0 Å². The van der Waals surface area contributed by atoms with Gasteiger partial charge in [0.1, 0.15) is 0 Å². The molecule has 0 aliphatic heterocycles. The molecule has 0 spiro atoms. The summed E-state index contributed by atoms with van der Waals surface area (Å²) in [5, 5.41) is 13.7. The van der Waals surface area contributed by atoms with Gasteiger partial charge in [-0.2, -0.15) is 16.4 Å². The van der Waals surface area contributed by atoms with Gasteiger partial charge in [0, 0.05) is 17.6 Å². The highest BCUT2D eigenvalue weighted by molar-refractivity contribution is 7.08. The zero-order valence-electron chi connectivity index (χ0n) is 10.6. The van der Waals surface area contributed by atoms with Crippen LogP contribution in [0, 0.1) is 13.8 Å². The Bertz CT molecular complexity index is 530. The predicted octanol–water partition coefficient (Wildman–Crippen LogP) is 2.45. The molecule has 5 heteroatoms. The summed E-state index contributed by atoms with van der Waals surface area (Å²) in [6.45, 7) is 4.66. The first kappa shape index (κ1) is 12.8. The van der Waals surface area contributed by atoms with Crippen molar-refractivity contribution in [2.45, 2.75) is 26.7 Å². The third kappa shape index (κ3) is 2.98. The molecule has 0 saturated carbocycles. The van der Waals surface area contributed by atoms with Gasteiger partial charge in [0.15, 0.2) is 0 Å². The Morgan fingerprint density at radius 1 is 1.44 bits per heavy atom. The number of rotatable bonds is 5. The standard InChI is InChI=1S/C13H17N3OS/c1-9-7-18-8-12(9)13(17)14-5-3-4-11-6-15-16-10(11)2/h6-8H,3-5H2,1-2H3,(H,14,17)(H,15,16). The molecule has 2 N–H and O–H groups in total. The number of aromatic nitrogens is 2. The average molecular weight is 263 g/mol. The Balaban J connectivity index is 1.75. The highest BCUT2D eigenvalue weighted by atomic mass is 32.1. The van der Waals surface area contributed by atoms with E-state index in [9.17, 15) is 4.79 Å². The van der Waals surface area contributed by atoms with Gasteiger partial charge in [-0.15, -0.1) is 0 Å². The summed E-state index contributed by atoms with van der Waals surface area (Å²) in [5.41, 5.74) is 4.16. The van der Waals surface area contributed by atoms with E-state index < -0.39 is 0 Å². The number of carbonyl (C=O) groups is 1. The van der Waals surface area contributed by atoms with Gasteiger partial charge in [0.2, 0.25) is 0 Å². The van der Waals surface area contributed by atoms with Crippen LogP contribution in [0.5, 0.6) is 0 Å². The van der Waals surface area contributed by atoms with E-state index in [2.05, 4.69) is 15.5 Å². The molecule has 0 fully saturated rings. The van der Waals surface area contributed by atoms with E-state index in [1.807, 2.05) is 30.8 Å². The van der Waals surface area contributed by atoms with Gasteiger partial charge in [-0.3, -0.25) is 9.89 Å². The Morgan fingerprint density at radius 3 is 2.89 bits per heavy atom. The second-order valence-corrected chi connectivity index (χ2v) is 5.09. The molecule has 2 rings (SSSR count). The number of aryl methyl sites for hydroxylation is 3. The molecule has 2 aromatic rings. The smallest absolute Gasteiger partial charge is 0.252 e. The number of amides is 1. The van der Waals surface area contributed by atoms with Crippen molar-refractivity contribution in [3.63, 3.8) is 0 Å². The first-order chi connectivity index (χ1) is 8.68. The van der Waals surface area contributed by atoms with E-state index in [0.717, 1.165) is 29.7 Å². The molecule has 0 unspecified atom stereocenters. The highest BCUT2D eigenvalue weighted by Gasteiger charge is 2.08. The van der Waals surface area contributed by atoms with Crippen molar-refractivity contribution < 1.29 is 4.79 Å². The fraction of sp³-hybridized carbons (Fsp3) is 0.385. The van der Waals surface area contributed by atoms with Crippen molar-refractivity contribution in [3.05, 3.63) is 39.3 Å². The molecular weight excluding hydrogens is 246 g/mol. The molecule has 2 heterocycles. The maximum Gasteiger partial charge on any atom is 0.252 e. The van der Waals surface area contributed by atoms with Gasteiger partial charge in [0.05, 0.1) is 11.8 Å². The fourth-order valence-corrected chi connectivity index (χ4v) is 2.62. The third-order valence-corrected chi connectivity index (χ3v) is 3.80. The molecule has 0 aromatic carbocycles. The number of H-pyrrole nitrogens is 1. The van der Waals surface area contributed by atoms with Gasteiger partial charge in [-0.05, 0) is 43.2 Å². The number of nitrogens with one attached hydrogen (secondary N) is 2. The van der Waals surface area contributed by atoms with Crippen LogP contribution in [0.25, 0.3) is 0 Å². The van der Waals surface area contributed by atoms with Crippen LogP contribution >= 0.6 is 11.3 Å². The molecule has 0 saturated heterocycles. The Hall–Kier alpha value is -1.62. The van der Waals surface area contributed by atoms with Crippen LogP contribution < -0.4 is 5.32 Å². The molecule has 0 aliphatic carbocycles. The SMILES string of the molecule is Cc1cscc1C(=O)NCCCc1cn[nH]c1C. The topological polar surface area (TPSA) is 57.8 Å². The largest absolute Gasteiger partial charge is 0.352 e. The molecule has 18 heavy (non-hydrogen) atoms. The number of hydrogen-bond donors (Lipinski definition) is 2. The van der Waals surface area contributed by atoms with Gasteiger partial charge in [-0.25, -0.2) is 0 Å². The predicted molar refractivity (Wildman–Crippen MR) is 73.0 cm³/mol. The minimum Gasteiger partial charge on any atom is -0.352 e. The third-order valence-electron chi connectivity index (χ3n) is 2.94. The van der Waals surface area contributed by atoms with E-state index in [1.54, 1.807) is 11.3 Å². The van der Waals surface area contributed by atoms with Crippen molar-refractivity contribution >= 4 is 17.2 Å². The first-order valence-electron chi connectivity index (χ1n) is 5.98. The molecule has 0 atom stereocenters. The second kappa shape index (κ2) is 5.82. The first-order valence-corrected chi connectivity index (χ1v) is 6.92.